The Labute approximate surface area is 199 Å². The molecule has 0 saturated heterocycles. The Kier molecular flexibility index (Phi) is 5.44. The number of amides is 1. The molecule has 1 atom stereocenters. The van der Waals surface area contributed by atoms with Crippen LogP contribution >= 0.6 is 0 Å². The molecule has 0 spiro atoms. The first-order chi connectivity index (χ1) is 17.0. The monoisotopic (exact) mass is 464 g/mol. The van der Waals surface area contributed by atoms with Crippen molar-refractivity contribution in [2.24, 2.45) is 5.73 Å². The average Bonchev–Trinajstić information content (AvgIpc) is 3.20. The van der Waals surface area contributed by atoms with Gasteiger partial charge in [-0.2, -0.15) is 0 Å². The third-order valence-electron chi connectivity index (χ3n) is 5.41. The first-order valence-electron chi connectivity index (χ1n) is 10.7. The Morgan fingerprint density at radius 2 is 1.91 bits per heavy atom. The second-order valence-electron chi connectivity index (χ2n) is 7.62. The SMILES string of the molecule is CC#Cc1cccc2nc(C(N)NC(=O)c3c(N)nn4cccnc34)n(-c3ccccc3)c(=O)c12. The maximum Gasteiger partial charge on any atom is 0.267 e. The molecule has 0 fully saturated rings. The molecule has 3 aromatic heterocycles. The van der Waals surface area contributed by atoms with E-state index in [9.17, 15) is 9.59 Å². The minimum Gasteiger partial charge on any atom is -0.381 e. The maximum absolute atomic E-state index is 13.7. The van der Waals surface area contributed by atoms with Gasteiger partial charge < -0.3 is 16.8 Å². The molecule has 1 amide bonds. The van der Waals surface area contributed by atoms with Crippen LogP contribution in [0.15, 0.2) is 71.8 Å². The normalized spacial score (nSPS) is 11.7. The van der Waals surface area contributed by atoms with Gasteiger partial charge in [0.25, 0.3) is 11.5 Å². The van der Waals surface area contributed by atoms with Crippen LogP contribution in [0.25, 0.3) is 22.2 Å². The van der Waals surface area contributed by atoms with Gasteiger partial charge >= 0.3 is 0 Å². The zero-order valence-corrected chi connectivity index (χ0v) is 18.6. The molecule has 0 saturated carbocycles. The molecule has 10 heteroatoms. The summed E-state index contributed by atoms with van der Waals surface area (Å²) in [7, 11) is 0. The molecule has 10 nitrogen and oxygen atoms in total. The van der Waals surface area contributed by atoms with E-state index in [1.165, 1.54) is 15.3 Å². The molecule has 172 valence electrons. The largest absolute Gasteiger partial charge is 0.381 e. The molecule has 0 radical (unpaired) electrons. The van der Waals surface area contributed by atoms with Crippen molar-refractivity contribution in [3.8, 4) is 17.5 Å². The van der Waals surface area contributed by atoms with Crippen LogP contribution in [0.1, 0.15) is 34.8 Å². The molecule has 0 bridgehead atoms. The van der Waals surface area contributed by atoms with Crippen LogP contribution in [-0.4, -0.2) is 30.1 Å². The van der Waals surface area contributed by atoms with Gasteiger partial charge in [-0.15, -0.1) is 11.0 Å². The van der Waals surface area contributed by atoms with E-state index in [1.54, 1.807) is 61.7 Å². The summed E-state index contributed by atoms with van der Waals surface area (Å²) < 4.78 is 2.78. The van der Waals surface area contributed by atoms with E-state index in [4.69, 9.17) is 11.5 Å². The van der Waals surface area contributed by atoms with E-state index in [2.05, 4.69) is 32.2 Å². The van der Waals surface area contributed by atoms with Crippen molar-refractivity contribution < 1.29 is 4.79 Å². The number of rotatable bonds is 4. The van der Waals surface area contributed by atoms with Crippen molar-refractivity contribution in [1.29, 1.82) is 0 Å². The van der Waals surface area contributed by atoms with Crippen LogP contribution in [-0.2, 0) is 0 Å². The summed E-state index contributed by atoms with van der Waals surface area (Å²) in [5.74, 6) is 5.34. The van der Waals surface area contributed by atoms with Gasteiger partial charge in [-0.05, 0) is 37.3 Å². The highest BCUT2D eigenvalue weighted by atomic mass is 16.2. The highest BCUT2D eigenvalue weighted by molar-refractivity contribution is 6.04. The molecule has 3 heterocycles. The quantitative estimate of drug-likeness (QED) is 0.271. The number of hydrogen-bond donors (Lipinski definition) is 3. The third-order valence-corrected chi connectivity index (χ3v) is 5.41. The predicted molar refractivity (Wildman–Crippen MR) is 132 cm³/mol. The number of anilines is 1. The number of hydrogen-bond acceptors (Lipinski definition) is 7. The van der Waals surface area contributed by atoms with Gasteiger partial charge in [-0.1, -0.05) is 30.2 Å². The topological polar surface area (TPSA) is 146 Å². The molecular weight excluding hydrogens is 444 g/mol. The van der Waals surface area contributed by atoms with Crippen molar-refractivity contribution in [1.82, 2.24) is 29.5 Å². The number of aromatic nitrogens is 5. The Bertz CT molecular complexity index is 1710. The molecule has 5 N–H and O–H groups in total. The molecule has 0 aliphatic heterocycles. The molecule has 0 aliphatic rings. The zero-order valence-electron chi connectivity index (χ0n) is 18.6. The summed E-state index contributed by atoms with van der Waals surface area (Å²) in [6, 6.07) is 15.8. The summed E-state index contributed by atoms with van der Waals surface area (Å²) in [5.41, 5.74) is 13.9. The number of benzene rings is 2. The Hall–Kier alpha value is -5.01. The van der Waals surface area contributed by atoms with Crippen molar-refractivity contribution in [2.75, 3.05) is 5.73 Å². The molecule has 5 aromatic rings. The lowest BCUT2D eigenvalue weighted by Gasteiger charge is -2.19. The highest BCUT2D eigenvalue weighted by Crippen LogP contribution is 2.20. The van der Waals surface area contributed by atoms with Gasteiger partial charge in [0, 0.05) is 18.0 Å². The minimum absolute atomic E-state index is 0.00287. The summed E-state index contributed by atoms with van der Waals surface area (Å²) in [5, 5.41) is 7.16. The van der Waals surface area contributed by atoms with E-state index in [-0.39, 0.29) is 28.4 Å². The number of para-hydroxylation sites is 1. The van der Waals surface area contributed by atoms with Gasteiger partial charge in [0.2, 0.25) is 0 Å². The van der Waals surface area contributed by atoms with Gasteiger partial charge in [-0.3, -0.25) is 14.2 Å². The average molecular weight is 464 g/mol. The first-order valence-corrected chi connectivity index (χ1v) is 10.7. The maximum atomic E-state index is 13.7. The molecule has 2 aromatic carbocycles. The van der Waals surface area contributed by atoms with Crippen LogP contribution < -0.4 is 22.3 Å². The second-order valence-corrected chi connectivity index (χ2v) is 7.62. The van der Waals surface area contributed by atoms with Gasteiger partial charge in [-0.25, -0.2) is 14.5 Å². The van der Waals surface area contributed by atoms with Gasteiger partial charge in [0.15, 0.2) is 17.3 Å². The minimum atomic E-state index is -1.15. The number of carbonyl (C=O) groups is 1. The number of nitrogens with one attached hydrogen (secondary N) is 1. The lowest BCUT2D eigenvalue weighted by Crippen LogP contribution is -2.39. The summed E-state index contributed by atoms with van der Waals surface area (Å²) >= 11 is 0. The van der Waals surface area contributed by atoms with Crippen LogP contribution in [0.4, 0.5) is 5.82 Å². The van der Waals surface area contributed by atoms with Gasteiger partial charge in [0.1, 0.15) is 11.7 Å². The molecular formula is C25H20N8O2. The Morgan fingerprint density at radius 1 is 1.11 bits per heavy atom. The van der Waals surface area contributed by atoms with E-state index < -0.39 is 12.1 Å². The lowest BCUT2D eigenvalue weighted by molar-refractivity contribution is 0.0938. The Morgan fingerprint density at radius 3 is 2.69 bits per heavy atom. The fourth-order valence-corrected chi connectivity index (χ4v) is 3.92. The zero-order chi connectivity index (χ0) is 24.5. The highest BCUT2D eigenvalue weighted by Gasteiger charge is 2.25. The van der Waals surface area contributed by atoms with Crippen molar-refractivity contribution in [3.05, 3.63) is 94.3 Å². The molecule has 0 aliphatic carbocycles. The van der Waals surface area contributed by atoms with Crippen LogP contribution in [0.2, 0.25) is 0 Å². The van der Waals surface area contributed by atoms with E-state index in [0.717, 1.165) is 0 Å². The van der Waals surface area contributed by atoms with E-state index in [1.807, 2.05) is 6.07 Å². The Balaban J connectivity index is 1.66. The van der Waals surface area contributed by atoms with Crippen LogP contribution in [0.5, 0.6) is 0 Å². The van der Waals surface area contributed by atoms with E-state index in [0.29, 0.717) is 22.2 Å². The standard InChI is InChI=1S/C25H20N8O2/c1-2-8-15-9-6-12-17-18(15)25(35)33(16-10-4-3-5-11-16)23(29-17)21(27)30-24(34)19-20(26)31-32-14-7-13-28-22(19)32/h3-7,9-14,21H,27H2,1H3,(H2,26,31)(H,30,34). The number of carbonyl (C=O) groups excluding carboxylic acids is 1. The number of nitrogens with two attached hydrogens (primary N) is 2. The smallest absolute Gasteiger partial charge is 0.267 e. The van der Waals surface area contributed by atoms with Crippen molar-refractivity contribution in [2.45, 2.75) is 13.1 Å². The number of nitrogen functional groups attached to an aromatic ring is 1. The molecule has 1 unspecified atom stereocenters. The number of nitrogens with zero attached hydrogens (tertiary/aromatic N) is 5. The summed E-state index contributed by atoms with van der Waals surface area (Å²) in [6.45, 7) is 1.70. The molecule has 35 heavy (non-hydrogen) atoms. The predicted octanol–water partition coefficient (Wildman–Crippen LogP) is 1.77. The van der Waals surface area contributed by atoms with Gasteiger partial charge in [0.05, 0.1) is 16.6 Å². The number of fused-ring (bicyclic) bond motifs is 2. The first kappa shape index (κ1) is 21.8. The van der Waals surface area contributed by atoms with Crippen LogP contribution in [0, 0.1) is 11.8 Å². The molecule has 5 rings (SSSR count). The van der Waals surface area contributed by atoms with E-state index >= 15 is 0 Å². The van der Waals surface area contributed by atoms with Crippen molar-refractivity contribution in [3.63, 3.8) is 0 Å². The lowest BCUT2D eigenvalue weighted by atomic mass is 10.1. The third kappa shape index (κ3) is 3.76. The van der Waals surface area contributed by atoms with Crippen molar-refractivity contribution >= 4 is 28.3 Å². The summed E-state index contributed by atoms with van der Waals surface area (Å²) in [4.78, 5) is 35.7. The second kappa shape index (κ2) is 8.74. The fourth-order valence-electron chi connectivity index (χ4n) is 3.92. The van der Waals surface area contributed by atoms with Crippen LogP contribution in [0.3, 0.4) is 0 Å². The summed E-state index contributed by atoms with van der Waals surface area (Å²) in [6.07, 6.45) is 2.00. The fraction of sp³-hybridized carbons (Fsp3) is 0.0800.